The fraction of sp³-hybridized carbons (Fsp3) is 0.429. The number of sulfonamides is 1. The summed E-state index contributed by atoms with van der Waals surface area (Å²) in [6.07, 6.45) is 1.71. The van der Waals surface area contributed by atoms with Crippen molar-refractivity contribution in [2.45, 2.75) is 63.2 Å². The van der Waals surface area contributed by atoms with Gasteiger partial charge >= 0.3 is 0 Å². The molecule has 0 radical (unpaired) electrons. The maximum atomic E-state index is 14.3. The van der Waals surface area contributed by atoms with E-state index in [9.17, 15) is 23.1 Å². The first-order chi connectivity index (χ1) is 22.0. The highest BCUT2D eigenvalue weighted by atomic mass is 32.2. The SMILES string of the molecule is C[C@@H]1CCCCO[C@@H](CN(C)C(=O)c2ccccc2)[C@H](C)CN([C@@H](C)CO)C(=O)c2cc(NS(=O)(=O)c3ccccc3)ccc2O1. The van der Waals surface area contributed by atoms with E-state index in [0.717, 1.165) is 12.8 Å². The van der Waals surface area contributed by atoms with Gasteiger partial charge in [0.2, 0.25) is 0 Å². The summed E-state index contributed by atoms with van der Waals surface area (Å²) in [5, 5.41) is 10.2. The summed E-state index contributed by atoms with van der Waals surface area (Å²) < 4.78 is 41.4. The van der Waals surface area contributed by atoms with E-state index >= 15 is 0 Å². The molecule has 10 nitrogen and oxygen atoms in total. The van der Waals surface area contributed by atoms with Gasteiger partial charge in [0.05, 0.1) is 35.3 Å². The van der Waals surface area contributed by atoms with Crippen molar-refractivity contribution in [3.63, 3.8) is 0 Å². The fourth-order valence-corrected chi connectivity index (χ4v) is 6.49. The third-order valence-electron chi connectivity index (χ3n) is 8.18. The van der Waals surface area contributed by atoms with Crippen molar-refractivity contribution in [1.29, 1.82) is 0 Å². The van der Waals surface area contributed by atoms with Gasteiger partial charge in [0.25, 0.3) is 21.8 Å². The van der Waals surface area contributed by atoms with E-state index in [1.54, 1.807) is 66.2 Å². The summed E-state index contributed by atoms with van der Waals surface area (Å²) in [7, 11) is -2.17. The minimum atomic E-state index is -3.91. The number of nitrogens with zero attached hydrogens (tertiary/aromatic N) is 2. The Morgan fingerprint density at radius 3 is 2.39 bits per heavy atom. The third kappa shape index (κ3) is 9.08. The van der Waals surface area contributed by atoms with Gasteiger partial charge in [-0.1, -0.05) is 43.3 Å². The first-order valence-electron chi connectivity index (χ1n) is 15.7. The van der Waals surface area contributed by atoms with Crippen LogP contribution in [0.1, 0.15) is 60.7 Å². The first-order valence-corrected chi connectivity index (χ1v) is 17.2. The number of likely N-dealkylation sites (N-methyl/N-ethyl adjacent to an activating group) is 1. The Bertz CT molecular complexity index is 1550. The van der Waals surface area contributed by atoms with Crippen LogP contribution in [0.5, 0.6) is 5.75 Å². The molecule has 11 heteroatoms. The quantitative estimate of drug-likeness (QED) is 0.349. The van der Waals surface area contributed by atoms with Gasteiger partial charge in [-0.2, -0.15) is 0 Å². The number of hydrogen-bond donors (Lipinski definition) is 2. The van der Waals surface area contributed by atoms with Gasteiger partial charge in [-0.3, -0.25) is 14.3 Å². The van der Waals surface area contributed by atoms with Crippen LogP contribution in [0, 0.1) is 5.92 Å². The van der Waals surface area contributed by atoms with Gasteiger partial charge in [-0.15, -0.1) is 0 Å². The lowest BCUT2D eigenvalue weighted by Crippen LogP contribution is -2.48. The summed E-state index contributed by atoms with van der Waals surface area (Å²) in [5.74, 6) is -0.435. The molecule has 0 unspecified atom stereocenters. The molecule has 0 aromatic heterocycles. The fourth-order valence-electron chi connectivity index (χ4n) is 5.42. The van der Waals surface area contributed by atoms with Gasteiger partial charge in [-0.25, -0.2) is 8.42 Å². The van der Waals surface area contributed by atoms with Crippen LogP contribution in [0.2, 0.25) is 0 Å². The zero-order chi connectivity index (χ0) is 33.3. The Morgan fingerprint density at radius 2 is 1.72 bits per heavy atom. The Hall–Kier alpha value is -3.93. The van der Waals surface area contributed by atoms with Crippen LogP contribution in [-0.2, 0) is 14.8 Å². The Morgan fingerprint density at radius 1 is 1.04 bits per heavy atom. The van der Waals surface area contributed by atoms with E-state index in [2.05, 4.69) is 4.72 Å². The van der Waals surface area contributed by atoms with Crippen molar-refractivity contribution < 1.29 is 32.6 Å². The Labute approximate surface area is 272 Å². The number of nitrogens with one attached hydrogen (secondary N) is 1. The van der Waals surface area contributed by atoms with Crippen LogP contribution in [0.3, 0.4) is 0 Å². The van der Waals surface area contributed by atoms with Crippen LogP contribution in [-0.4, -0.2) is 86.7 Å². The highest BCUT2D eigenvalue weighted by molar-refractivity contribution is 7.92. The lowest BCUT2D eigenvalue weighted by molar-refractivity contribution is -0.0149. The lowest BCUT2D eigenvalue weighted by Gasteiger charge is -2.36. The summed E-state index contributed by atoms with van der Waals surface area (Å²) in [5.41, 5.74) is 0.965. The summed E-state index contributed by atoms with van der Waals surface area (Å²) >= 11 is 0. The Balaban J connectivity index is 1.66. The average molecular weight is 652 g/mol. The molecule has 0 fully saturated rings. The molecule has 2 N–H and O–H groups in total. The van der Waals surface area contributed by atoms with Crippen molar-refractivity contribution in [3.8, 4) is 5.75 Å². The zero-order valence-corrected chi connectivity index (χ0v) is 27.8. The largest absolute Gasteiger partial charge is 0.490 e. The molecule has 3 aromatic rings. The molecule has 248 valence electrons. The molecular formula is C35H45N3O7S. The molecule has 0 saturated heterocycles. The second-order valence-corrected chi connectivity index (χ2v) is 13.7. The molecule has 1 aliphatic rings. The Kier molecular flexibility index (Phi) is 12.2. The van der Waals surface area contributed by atoms with E-state index in [1.165, 1.54) is 18.2 Å². The van der Waals surface area contributed by atoms with Crippen molar-refractivity contribution >= 4 is 27.5 Å². The maximum absolute atomic E-state index is 14.3. The summed E-state index contributed by atoms with van der Waals surface area (Å²) in [6.45, 7) is 6.37. The minimum Gasteiger partial charge on any atom is -0.490 e. The van der Waals surface area contributed by atoms with E-state index < -0.39 is 22.0 Å². The van der Waals surface area contributed by atoms with Crippen LogP contribution in [0.15, 0.2) is 83.8 Å². The molecular weight excluding hydrogens is 606 g/mol. The number of hydrogen-bond acceptors (Lipinski definition) is 7. The van der Waals surface area contributed by atoms with Gasteiger partial charge in [-0.05, 0) is 75.6 Å². The van der Waals surface area contributed by atoms with Gasteiger partial charge in [0.15, 0.2) is 0 Å². The second kappa shape index (κ2) is 16.1. The maximum Gasteiger partial charge on any atom is 0.261 e. The standard InChI is InChI=1S/C35H45N3O7S/c1-25-22-38(26(2)24-39)35(41)31-21-29(36-46(42,43)30-16-9-6-10-17-30)18-19-32(31)45-27(3)13-11-12-20-44-33(25)23-37(4)34(40)28-14-7-5-8-15-28/h5-10,14-19,21,25-27,33,36,39H,11-13,20,22-24H2,1-4H3/t25-,26+,27-,33+/m1/s1. The number of anilines is 1. The summed E-state index contributed by atoms with van der Waals surface area (Å²) in [6, 6.07) is 21.1. The molecule has 0 bridgehead atoms. The molecule has 1 heterocycles. The number of carbonyl (C=O) groups is 2. The molecule has 2 amide bonds. The molecule has 4 atom stereocenters. The predicted molar refractivity (Wildman–Crippen MR) is 178 cm³/mol. The van der Waals surface area contributed by atoms with Crippen molar-refractivity contribution in [2.75, 3.05) is 38.1 Å². The zero-order valence-electron chi connectivity index (χ0n) is 27.0. The highest BCUT2D eigenvalue weighted by Gasteiger charge is 2.31. The van der Waals surface area contributed by atoms with Crippen LogP contribution < -0.4 is 9.46 Å². The minimum absolute atomic E-state index is 0.0948. The van der Waals surface area contributed by atoms with Gasteiger partial charge in [0.1, 0.15) is 5.75 Å². The number of ether oxygens (including phenoxy) is 2. The molecule has 4 rings (SSSR count). The molecule has 46 heavy (non-hydrogen) atoms. The number of amides is 2. The van der Waals surface area contributed by atoms with Crippen molar-refractivity contribution in [1.82, 2.24) is 9.80 Å². The van der Waals surface area contributed by atoms with Crippen LogP contribution >= 0.6 is 0 Å². The van der Waals surface area contributed by atoms with E-state index in [0.29, 0.717) is 30.9 Å². The molecule has 1 aliphatic heterocycles. The summed E-state index contributed by atoms with van der Waals surface area (Å²) in [4.78, 5) is 30.8. The number of aliphatic hydroxyl groups excluding tert-OH is 1. The molecule has 0 saturated carbocycles. The molecule has 3 aromatic carbocycles. The molecule has 0 aliphatic carbocycles. The van der Waals surface area contributed by atoms with Crippen molar-refractivity contribution in [3.05, 3.63) is 90.0 Å². The average Bonchev–Trinajstić information content (AvgIpc) is 3.06. The monoisotopic (exact) mass is 651 g/mol. The first kappa shape index (κ1) is 34.9. The van der Waals surface area contributed by atoms with E-state index in [-0.39, 0.29) is 53.3 Å². The number of fused-ring (bicyclic) bond motifs is 1. The second-order valence-electron chi connectivity index (χ2n) is 12.0. The van der Waals surface area contributed by atoms with Gasteiger partial charge in [0, 0.05) is 43.9 Å². The third-order valence-corrected chi connectivity index (χ3v) is 9.58. The number of rotatable bonds is 8. The van der Waals surface area contributed by atoms with Crippen molar-refractivity contribution in [2.24, 2.45) is 5.92 Å². The number of carbonyl (C=O) groups excluding carboxylic acids is 2. The topological polar surface area (TPSA) is 125 Å². The lowest BCUT2D eigenvalue weighted by atomic mass is 10.0. The number of aliphatic hydroxyl groups is 1. The normalized spacial score (nSPS) is 20.5. The molecule has 0 spiro atoms. The van der Waals surface area contributed by atoms with Gasteiger partial charge < -0.3 is 24.4 Å². The number of benzene rings is 3. The van der Waals surface area contributed by atoms with E-state index in [1.807, 2.05) is 32.0 Å². The van der Waals surface area contributed by atoms with E-state index in [4.69, 9.17) is 9.47 Å². The van der Waals surface area contributed by atoms with Crippen LogP contribution in [0.4, 0.5) is 5.69 Å². The van der Waals surface area contributed by atoms with Crippen LogP contribution in [0.25, 0.3) is 0 Å². The smallest absolute Gasteiger partial charge is 0.261 e. The predicted octanol–water partition coefficient (Wildman–Crippen LogP) is 5.06. The highest BCUT2D eigenvalue weighted by Crippen LogP contribution is 2.29.